The van der Waals surface area contributed by atoms with Crippen LogP contribution in [0.5, 0.6) is 0 Å². The fourth-order valence-corrected chi connectivity index (χ4v) is 3.42. The molecule has 2 aliphatic rings. The molecule has 0 aromatic heterocycles. The lowest BCUT2D eigenvalue weighted by molar-refractivity contribution is -0.141. The van der Waals surface area contributed by atoms with Crippen LogP contribution in [0, 0.1) is 11.3 Å². The topological polar surface area (TPSA) is 54.4 Å². The Bertz CT molecular complexity index is 410. The second-order valence-electron chi connectivity index (χ2n) is 5.94. The van der Waals surface area contributed by atoms with Crippen molar-refractivity contribution in [2.45, 2.75) is 52.1 Å². The van der Waals surface area contributed by atoms with Crippen LogP contribution < -0.4 is 0 Å². The maximum Gasteiger partial charge on any atom is 0.156 e. The number of Topliss-reactive ketones (excluding diaryl/α,β-unsaturated/α-hetero) is 1. The number of carbonyl (C=O) groups is 2. The third-order valence-electron chi connectivity index (χ3n) is 4.75. The van der Waals surface area contributed by atoms with Crippen LogP contribution >= 0.6 is 0 Å². The monoisotopic (exact) mass is 236 g/mol. The third kappa shape index (κ3) is 1.77. The second-order valence-corrected chi connectivity index (χ2v) is 5.94. The average Bonchev–Trinajstić information content (AvgIpc) is 2.20. The van der Waals surface area contributed by atoms with Gasteiger partial charge in [0.05, 0.1) is 5.60 Å². The minimum Gasteiger partial charge on any atom is -0.385 e. The molecule has 0 heterocycles. The number of rotatable bonds is 1. The van der Waals surface area contributed by atoms with Crippen LogP contribution in [0.1, 0.15) is 46.5 Å². The summed E-state index contributed by atoms with van der Waals surface area (Å²) in [5, 5.41) is 10.9. The number of allylic oxidation sites excluding steroid dienone is 1. The summed E-state index contributed by atoms with van der Waals surface area (Å²) < 4.78 is 0. The zero-order valence-corrected chi connectivity index (χ0v) is 10.7. The van der Waals surface area contributed by atoms with Gasteiger partial charge in [0.2, 0.25) is 0 Å². The number of ketones is 2. The first-order valence-corrected chi connectivity index (χ1v) is 6.23. The van der Waals surface area contributed by atoms with Gasteiger partial charge < -0.3 is 5.11 Å². The number of aliphatic hydroxyl groups is 1. The van der Waals surface area contributed by atoms with Crippen molar-refractivity contribution in [1.29, 1.82) is 0 Å². The molecule has 0 aliphatic heterocycles. The summed E-state index contributed by atoms with van der Waals surface area (Å²) in [5.41, 5.74) is -0.646. The van der Waals surface area contributed by atoms with Gasteiger partial charge in [-0.3, -0.25) is 9.59 Å². The van der Waals surface area contributed by atoms with E-state index in [4.69, 9.17) is 0 Å². The molecule has 2 aliphatic carbocycles. The van der Waals surface area contributed by atoms with Gasteiger partial charge in [-0.15, -0.1) is 0 Å². The molecule has 3 nitrogen and oxygen atoms in total. The zero-order valence-electron chi connectivity index (χ0n) is 10.7. The smallest absolute Gasteiger partial charge is 0.156 e. The van der Waals surface area contributed by atoms with Crippen LogP contribution in [0.25, 0.3) is 0 Å². The molecule has 0 radical (unpaired) electrons. The van der Waals surface area contributed by atoms with Gasteiger partial charge in [-0.25, -0.2) is 0 Å². The number of hydrogen-bond acceptors (Lipinski definition) is 3. The van der Waals surface area contributed by atoms with Crippen LogP contribution in [0.15, 0.2) is 11.6 Å². The first-order chi connectivity index (χ1) is 7.78. The number of fused-ring (bicyclic) bond motifs is 1. The largest absolute Gasteiger partial charge is 0.385 e. The number of carbonyl (C=O) groups excluding carboxylic acids is 2. The normalized spacial score (nSPS) is 41.8. The highest BCUT2D eigenvalue weighted by Crippen LogP contribution is 2.54. The SMILES string of the molecule is CC(=O)[C@H]1CC[C@@]2(C)CC(=O)C=C(C)[C@@]2(O)C1. The molecule has 1 saturated carbocycles. The molecule has 0 amide bonds. The predicted octanol–water partition coefficient (Wildman–Crippen LogP) is 2.03. The van der Waals surface area contributed by atoms with Gasteiger partial charge in [0.1, 0.15) is 5.78 Å². The molecule has 0 unspecified atom stereocenters. The maximum atomic E-state index is 11.6. The van der Waals surface area contributed by atoms with Gasteiger partial charge in [-0.05, 0) is 44.8 Å². The minimum atomic E-state index is -0.977. The van der Waals surface area contributed by atoms with E-state index in [0.717, 1.165) is 18.4 Å². The molecule has 0 aromatic carbocycles. The molecule has 0 spiro atoms. The minimum absolute atomic E-state index is 0.0652. The van der Waals surface area contributed by atoms with Crippen molar-refractivity contribution < 1.29 is 14.7 Å². The molecule has 0 aromatic rings. The van der Waals surface area contributed by atoms with Crippen molar-refractivity contribution >= 4 is 11.6 Å². The fourth-order valence-electron chi connectivity index (χ4n) is 3.42. The Balaban J connectivity index is 2.40. The van der Waals surface area contributed by atoms with Crippen molar-refractivity contribution in [3.05, 3.63) is 11.6 Å². The molecule has 1 fully saturated rings. The van der Waals surface area contributed by atoms with Gasteiger partial charge in [0, 0.05) is 17.8 Å². The second kappa shape index (κ2) is 3.77. The Morgan fingerprint density at radius 2 is 2.18 bits per heavy atom. The van der Waals surface area contributed by atoms with Gasteiger partial charge in [-0.2, -0.15) is 0 Å². The first kappa shape index (κ1) is 12.5. The summed E-state index contributed by atoms with van der Waals surface area (Å²) in [6.45, 7) is 5.36. The number of hydrogen-bond donors (Lipinski definition) is 1. The van der Waals surface area contributed by atoms with Crippen LogP contribution in [0.3, 0.4) is 0 Å². The van der Waals surface area contributed by atoms with Gasteiger partial charge in [0.25, 0.3) is 0 Å². The van der Waals surface area contributed by atoms with E-state index < -0.39 is 11.0 Å². The lowest BCUT2D eigenvalue weighted by Gasteiger charge is -2.52. The van der Waals surface area contributed by atoms with E-state index in [1.807, 2.05) is 6.92 Å². The Morgan fingerprint density at radius 3 is 2.76 bits per heavy atom. The Labute approximate surface area is 102 Å². The highest BCUT2D eigenvalue weighted by molar-refractivity contribution is 5.92. The quantitative estimate of drug-likeness (QED) is 0.758. The lowest BCUT2D eigenvalue weighted by atomic mass is 9.54. The summed E-state index contributed by atoms with van der Waals surface area (Å²) in [6.07, 6.45) is 3.93. The van der Waals surface area contributed by atoms with Crippen LogP contribution in [-0.2, 0) is 9.59 Å². The molecule has 0 bridgehead atoms. The van der Waals surface area contributed by atoms with E-state index in [1.54, 1.807) is 19.9 Å². The van der Waals surface area contributed by atoms with Crippen molar-refractivity contribution in [2.24, 2.45) is 11.3 Å². The van der Waals surface area contributed by atoms with Gasteiger partial charge >= 0.3 is 0 Å². The van der Waals surface area contributed by atoms with E-state index in [-0.39, 0.29) is 17.5 Å². The maximum absolute atomic E-state index is 11.6. The Hall–Kier alpha value is -0.960. The zero-order chi connectivity index (χ0) is 12.8. The predicted molar refractivity (Wildman–Crippen MR) is 64.5 cm³/mol. The standard InChI is InChI=1S/C14H20O3/c1-9-6-12(16)8-13(3)5-4-11(10(2)15)7-14(9,13)17/h6,11,17H,4-5,7-8H2,1-3H3/t11-,13-,14-/m0/s1. The molecule has 3 heteroatoms. The molecule has 94 valence electrons. The van der Waals surface area contributed by atoms with E-state index in [0.29, 0.717) is 12.8 Å². The van der Waals surface area contributed by atoms with Crippen LogP contribution in [0.4, 0.5) is 0 Å². The molecule has 2 rings (SSSR count). The third-order valence-corrected chi connectivity index (χ3v) is 4.75. The van der Waals surface area contributed by atoms with E-state index >= 15 is 0 Å². The van der Waals surface area contributed by atoms with Crippen molar-refractivity contribution in [3.63, 3.8) is 0 Å². The molecule has 0 saturated heterocycles. The lowest BCUT2D eigenvalue weighted by Crippen LogP contribution is -2.55. The summed E-state index contributed by atoms with van der Waals surface area (Å²) in [5.74, 6) is 0.172. The molecular weight excluding hydrogens is 216 g/mol. The highest BCUT2D eigenvalue weighted by Gasteiger charge is 2.55. The Kier molecular flexibility index (Phi) is 2.77. The summed E-state index contributed by atoms with van der Waals surface area (Å²) >= 11 is 0. The van der Waals surface area contributed by atoms with E-state index in [9.17, 15) is 14.7 Å². The fraction of sp³-hybridized carbons (Fsp3) is 0.714. The average molecular weight is 236 g/mol. The Morgan fingerprint density at radius 1 is 1.53 bits per heavy atom. The first-order valence-electron chi connectivity index (χ1n) is 6.23. The van der Waals surface area contributed by atoms with Gasteiger partial charge in [-0.1, -0.05) is 6.92 Å². The summed E-state index contributed by atoms with van der Waals surface area (Å²) in [4.78, 5) is 23.1. The van der Waals surface area contributed by atoms with Gasteiger partial charge in [0.15, 0.2) is 5.78 Å². The highest BCUT2D eigenvalue weighted by atomic mass is 16.3. The van der Waals surface area contributed by atoms with Crippen molar-refractivity contribution in [3.8, 4) is 0 Å². The van der Waals surface area contributed by atoms with Crippen molar-refractivity contribution in [2.75, 3.05) is 0 Å². The molecule has 3 atom stereocenters. The van der Waals surface area contributed by atoms with Crippen LogP contribution in [-0.4, -0.2) is 22.3 Å². The van der Waals surface area contributed by atoms with Crippen LogP contribution in [0.2, 0.25) is 0 Å². The molecule has 17 heavy (non-hydrogen) atoms. The van der Waals surface area contributed by atoms with E-state index in [1.165, 1.54) is 0 Å². The van der Waals surface area contributed by atoms with E-state index in [2.05, 4.69) is 0 Å². The van der Waals surface area contributed by atoms with Crippen molar-refractivity contribution in [1.82, 2.24) is 0 Å². The molecular formula is C14H20O3. The molecule has 1 N–H and O–H groups in total. The summed E-state index contributed by atoms with van der Waals surface area (Å²) in [7, 11) is 0. The summed E-state index contributed by atoms with van der Waals surface area (Å²) in [6, 6.07) is 0.